The number of pyridine rings is 1. The van der Waals surface area contributed by atoms with E-state index in [1.54, 1.807) is 24.4 Å². The van der Waals surface area contributed by atoms with Gasteiger partial charge in [-0.25, -0.2) is 18.0 Å². The highest BCUT2D eigenvalue weighted by atomic mass is 19.1. The lowest BCUT2D eigenvalue weighted by molar-refractivity contribution is -0.129. The highest BCUT2D eigenvalue weighted by molar-refractivity contribution is 6.50. The highest BCUT2D eigenvalue weighted by Crippen LogP contribution is 2.39. The maximum absolute atomic E-state index is 16.5. The molecule has 0 radical (unpaired) electrons. The molecule has 0 spiro atoms. The first-order chi connectivity index (χ1) is 22.6. The summed E-state index contributed by atoms with van der Waals surface area (Å²) in [5, 5.41) is 1.24. The van der Waals surface area contributed by atoms with Crippen LogP contribution in [0.15, 0.2) is 65.2 Å². The Balaban J connectivity index is 1.89. The number of hydrogen-bond acceptors (Lipinski definition) is 5. The van der Waals surface area contributed by atoms with Gasteiger partial charge in [0, 0.05) is 47.9 Å². The fraction of sp³-hybridized carbons (Fsp3) is 0.333. The van der Waals surface area contributed by atoms with Crippen molar-refractivity contribution in [1.29, 1.82) is 0 Å². The van der Waals surface area contributed by atoms with Crippen LogP contribution < -0.4 is 10.6 Å². The molecule has 0 unspecified atom stereocenters. The Labute approximate surface area is 281 Å². The first kappa shape index (κ1) is 34.7. The van der Waals surface area contributed by atoms with Crippen molar-refractivity contribution < 1.29 is 18.0 Å². The monoisotopic (exact) mass is 653 g/mol. The van der Waals surface area contributed by atoms with Gasteiger partial charge in [-0.2, -0.15) is 4.98 Å². The summed E-state index contributed by atoms with van der Waals surface area (Å²) in [6.45, 7) is 15.1. The zero-order valence-corrected chi connectivity index (χ0v) is 28.7. The maximum Gasteiger partial charge on any atom is 0.354 e. The standard InChI is InChI=1S/C36H40B2F3N5O2/c1-18(2)24-11-12-42-32(19(3)4)33(24)46-29-15-25(31-23(13-30(37)38)9-8-10-27(31)40)28(41)14-26(29)34(43-36(46)48)45-20(5)16-44(17-21(45)6)35(47)22(7)39/h8-15,18-21H,7,16-17,37-38H2,1-6H3/t20-,21-/m0/s1. The lowest BCUT2D eigenvalue weighted by Gasteiger charge is -2.45. The van der Waals surface area contributed by atoms with Crippen LogP contribution in [0, 0.1) is 11.6 Å². The molecule has 1 aliphatic rings. The van der Waals surface area contributed by atoms with E-state index in [0.717, 1.165) is 10.9 Å². The highest BCUT2D eigenvalue weighted by Gasteiger charge is 2.36. The van der Waals surface area contributed by atoms with Crippen molar-refractivity contribution in [2.24, 2.45) is 0 Å². The molecule has 48 heavy (non-hydrogen) atoms. The van der Waals surface area contributed by atoms with Crippen molar-refractivity contribution in [3.05, 3.63) is 99.3 Å². The summed E-state index contributed by atoms with van der Waals surface area (Å²) in [5.41, 5.74) is 2.38. The predicted molar refractivity (Wildman–Crippen MR) is 192 cm³/mol. The predicted octanol–water partition coefficient (Wildman–Crippen LogP) is 5.45. The van der Waals surface area contributed by atoms with Crippen LogP contribution >= 0.6 is 0 Å². The first-order valence-corrected chi connectivity index (χ1v) is 16.2. The van der Waals surface area contributed by atoms with E-state index in [1.807, 2.05) is 68.2 Å². The molecule has 5 rings (SSSR count). The Morgan fingerprint density at radius 3 is 2.27 bits per heavy atom. The van der Waals surface area contributed by atoms with E-state index in [0.29, 0.717) is 27.8 Å². The molecule has 1 fully saturated rings. The largest absolute Gasteiger partial charge is 0.354 e. The number of nitrogens with zero attached hydrogens (tertiary/aromatic N) is 5. The van der Waals surface area contributed by atoms with Crippen LogP contribution in [-0.4, -0.2) is 66.2 Å². The minimum absolute atomic E-state index is 0.00236. The number of fused-ring (bicyclic) bond motifs is 1. The molecule has 4 aromatic rings. The number of benzene rings is 2. The number of hydrogen-bond donors (Lipinski definition) is 0. The number of halogens is 3. The van der Waals surface area contributed by atoms with Gasteiger partial charge in [-0.3, -0.25) is 14.3 Å². The lowest BCUT2D eigenvalue weighted by Crippen LogP contribution is -2.59. The third kappa shape index (κ3) is 6.32. The average Bonchev–Trinajstić information content (AvgIpc) is 3.00. The molecule has 1 aliphatic heterocycles. The number of carbonyl (C=O) groups excluding carboxylic acids is 1. The zero-order valence-electron chi connectivity index (χ0n) is 28.7. The Morgan fingerprint density at radius 2 is 1.69 bits per heavy atom. The first-order valence-electron chi connectivity index (χ1n) is 16.2. The normalized spacial score (nSPS) is 16.6. The van der Waals surface area contributed by atoms with E-state index in [1.165, 1.54) is 27.7 Å². The van der Waals surface area contributed by atoms with E-state index in [-0.39, 0.29) is 41.9 Å². The van der Waals surface area contributed by atoms with Crippen molar-refractivity contribution in [1.82, 2.24) is 19.4 Å². The van der Waals surface area contributed by atoms with Gasteiger partial charge in [0.25, 0.3) is 5.91 Å². The van der Waals surface area contributed by atoms with Gasteiger partial charge in [-0.1, -0.05) is 52.5 Å². The molecule has 0 bridgehead atoms. The van der Waals surface area contributed by atoms with Gasteiger partial charge in [0.05, 0.1) is 16.9 Å². The second-order valence-corrected chi connectivity index (χ2v) is 13.5. The van der Waals surface area contributed by atoms with E-state index in [4.69, 9.17) is 0 Å². The molecule has 1 saturated heterocycles. The van der Waals surface area contributed by atoms with Crippen molar-refractivity contribution in [2.75, 3.05) is 18.0 Å². The summed E-state index contributed by atoms with van der Waals surface area (Å²) >= 11 is 0. The molecule has 1 amide bonds. The van der Waals surface area contributed by atoms with Crippen LogP contribution in [-0.2, 0) is 4.79 Å². The minimum Gasteiger partial charge on any atom is -0.347 e. The second kappa shape index (κ2) is 13.5. The number of rotatable bonds is 7. The smallest absolute Gasteiger partial charge is 0.347 e. The Hall–Kier alpha value is -4.60. The molecule has 3 heterocycles. The number of amides is 1. The van der Waals surface area contributed by atoms with Crippen LogP contribution in [0.25, 0.3) is 33.8 Å². The van der Waals surface area contributed by atoms with Crippen molar-refractivity contribution in [2.45, 2.75) is 65.5 Å². The number of carbonyl (C=O) groups is 1. The average molecular weight is 653 g/mol. The molecular formula is C36H40B2F3N5O2. The Bertz CT molecular complexity index is 1990. The SMILES string of the molecule is BC(B)=Cc1cccc(F)c1-c1cc2c(cc1F)c(N1[C@@H](C)CN(C(=O)C(=C)F)C[C@@H]1C)nc(=O)n2-c1c(C(C)C)ccnc1C(C)C. The summed E-state index contributed by atoms with van der Waals surface area (Å²) in [7, 11) is 3.76. The van der Waals surface area contributed by atoms with E-state index in [9.17, 15) is 14.0 Å². The third-order valence-corrected chi connectivity index (χ3v) is 8.78. The molecule has 0 aliphatic carbocycles. The summed E-state index contributed by atoms with van der Waals surface area (Å²) in [4.78, 5) is 39.4. The fourth-order valence-electron chi connectivity index (χ4n) is 6.79. The van der Waals surface area contributed by atoms with Crippen molar-refractivity contribution in [3.63, 3.8) is 0 Å². The molecule has 0 N–H and O–H groups in total. The zero-order chi connectivity index (χ0) is 35.2. The van der Waals surface area contributed by atoms with E-state index in [2.05, 4.69) is 16.5 Å². The van der Waals surface area contributed by atoms with Gasteiger partial charge in [-0.15, -0.1) is 5.37 Å². The summed E-state index contributed by atoms with van der Waals surface area (Å²) in [6, 6.07) is 8.46. The fourth-order valence-corrected chi connectivity index (χ4v) is 6.79. The second-order valence-electron chi connectivity index (χ2n) is 13.5. The number of piperazine rings is 1. The number of aromatic nitrogens is 3. The van der Waals surface area contributed by atoms with E-state index >= 15 is 8.78 Å². The van der Waals surface area contributed by atoms with E-state index < -0.39 is 41.1 Å². The Kier molecular flexibility index (Phi) is 9.76. The van der Waals surface area contributed by atoms with Crippen LogP contribution in [0.1, 0.15) is 70.2 Å². The summed E-state index contributed by atoms with van der Waals surface area (Å²) in [6.07, 6.45) is 3.51. The number of anilines is 1. The Morgan fingerprint density at radius 1 is 1.02 bits per heavy atom. The lowest BCUT2D eigenvalue weighted by atomic mass is 9.77. The molecular weight excluding hydrogens is 613 g/mol. The molecule has 248 valence electrons. The topological polar surface area (TPSA) is 71.3 Å². The summed E-state index contributed by atoms with van der Waals surface area (Å²) < 4.78 is 47.5. The molecule has 7 nitrogen and oxygen atoms in total. The van der Waals surface area contributed by atoms with Gasteiger partial charge in [0.1, 0.15) is 33.1 Å². The van der Waals surface area contributed by atoms with Gasteiger partial charge in [0.15, 0.2) is 5.83 Å². The summed E-state index contributed by atoms with van der Waals surface area (Å²) in [5.74, 6) is -3.00. The van der Waals surface area contributed by atoms with Gasteiger partial charge < -0.3 is 9.80 Å². The molecule has 2 aromatic heterocycles. The van der Waals surface area contributed by atoms with Crippen LogP contribution in [0.3, 0.4) is 0 Å². The molecule has 2 atom stereocenters. The van der Waals surface area contributed by atoms with Crippen molar-refractivity contribution in [3.8, 4) is 16.8 Å². The quantitative estimate of drug-likeness (QED) is 0.196. The maximum atomic E-state index is 16.5. The van der Waals surface area contributed by atoms with Crippen LogP contribution in [0.5, 0.6) is 0 Å². The van der Waals surface area contributed by atoms with Crippen LogP contribution in [0.4, 0.5) is 19.0 Å². The third-order valence-electron chi connectivity index (χ3n) is 8.78. The van der Waals surface area contributed by atoms with Crippen LogP contribution in [0.2, 0.25) is 0 Å². The van der Waals surface area contributed by atoms with Gasteiger partial charge in [0.2, 0.25) is 0 Å². The minimum atomic E-state index is -1.05. The molecule has 0 saturated carbocycles. The van der Waals surface area contributed by atoms with Crippen molar-refractivity contribution >= 4 is 44.4 Å². The van der Waals surface area contributed by atoms with Gasteiger partial charge in [-0.05, 0) is 61.1 Å². The molecule has 12 heteroatoms. The van der Waals surface area contributed by atoms with Gasteiger partial charge >= 0.3 is 5.69 Å². The molecule has 2 aromatic carbocycles.